The van der Waals surface area contributed by atoms with Crippen molar-refractivity contribution in [2.24, 2.45) is 0 Å². The van der Waals surface area contributed by atoms with Crippen LogP contribution in [-0.4, -0.2) is 27.0 Å². The molecule has 0 unspecified atom stereocenters. The molecular formula is C19H23ClN2O4S. The lowest BCUT2D eigenvalue weighted by Crippen LogP contribution is -2.30. The van der Waals surface area contributed by atoms with E-state index in [4.69, 9.17) is 16.3 Å². The Labute approximate surface area is 164 Å². The van der Waals surface area contributed by atoms with Crippen LogP contribution in [-0.2, 0) is 10.0 Å². The number of anilines is 1. The maximum absolute atomic E-state index is 12.6. The number of carbonyl (C=O) groups excluding carboxylic acids is 1. The number of rotatable bonds is 7. The van der Waals surface area contributed by atoms with Crippen LogP contribution in [0.2, 0.25) is 5.02 Å². The summed E-state index contributed by atoms with van der Waals surface area (Å²) >= 11 is 5.93. The van der Waals surface area contributed by atoms with E-state index in [0.717, 1.165) is 5.56 Å². The highest BCUT2D eigenvalue weighted by molar-refractivity contribution is 7.89. The van der Waals surface area contributed by atoms with Gasteiger partial charge >= 0.3 is 0 Å². The van der Waals surface area contributed by atoms with E-state index in [1.807, 2.05) is 6.92 Å². The van der Waals surface area contributed by atoms with Crippen LogP contribution in [0.15, 0.2) is 41.3 Å². The molecule has 0 radical (unpaired) electrons. The maximum Gasteiger partial charge on any atom is 0.255 e. The topological polar surface area (TPSA) is 84.5 Å². The minimum absolute atomic E-state index is 0.0708. The summed E-state index contributed by atoms with van der Waals surface area (Å²) in [6.07, 6.45) is 0. The Morgan fingerprint density at radius 2 is 1.89 bits per heavy atom. The van der Waals surface area contributed by atoms with Gasteiger partial charge in [0.1, 0.15) is 10.6 Å². The van der Waals surface area contributed by atoms with Gasteiger partial charge in [0.2, 0.25) is 10.0 Å². The summed E-state index contributed by atoms with van der Waals surface area (Å²) in [5, 5.41) is 3.34. The van der Waals surface area contributed by atoms with Crippen LogP contribution in [0.25, 0.3) is 0 Å². The number of sulfonamides is 1. The minimum atomic E-state index is -3.83. The molecule has 2 rings (SSSR count). The zero-order chi connectivity index (χ0) is 20.2. The fourth-order valence-electron chi connectivity index (χ4n) is 2.47. The van der Waals surface area contributed by atoms with Gasteiger partial charge in [-0.3, -0.25) is 4.79 Å². The number of amides is 1. The number of halogens is 1. The molecule has 0 bridgehead atoms. The number of ether oxygens (including phenoxy) is 1. The number of hydrogen-bond donors (Lipinski definition) is 2. The zero-order valence-electron chi connectivity index (χ0n) is 15.7. The van der Waals surface area contributed by atoms with E-state index < -0.39 is 15.9 Å². The van der Waals surface area contributed by atoms with Gasteiger partial charge in [-0.05, 0) is 69.7 Å². The minimum Gasteiger partial charge on any atom is -0.492 e. The third-order valence-electron chi connectivity index (χ3n) is 3.62. The lowest BCUT2D eigenvalue weighted by atomic mass is 10.1. The summed E-state index contributed by atoms with van der Waals surface area (Å²) in [5.74, 6) is -0.227. The van der Waals surface area contributed by atoms with E-state index >= 15 is 0 Å². The molecule has 2 N–H and O–H groups in total. The number of aryl methyl sites for hydroxylation is 1. The smallest absolute Gasteiger partial charge is 0.255 e. The fraction of sp³-hybridized carbons (Fsp3) is 0.316. The van der Waals surface area contributed by atoms with Gasteiger partial charge in [-0.1, -0.05) is 11.6 Å². The molecule has 0 spiro atoms. The molecule has 1 amide bonds. The molecule has 0 atom stereocenters. The molecule has 0 saturated heterocycles. The summed E-state index contributed by atoms with van der Waals surface area (Å²) in [4.78, 5) is 12.6. The van der Waals surface area contributed by atoms with Crippen LogP contribution in [0.5, 0.6) is 5.75 Å². The SMILES string of the molecule is CCOc1ccc(C(=O)Nc2ccc(Cl)cc2C)cc1S(=O)(=O)NC(C)C. The van der Waals surface area contributed by atoms with Gasteiger partial charge in [-0.25, -0.2) is 13.1 Å². The zero-order valence-corrected chi connectivity index (χ0v) is 17.2. The van der Waals surface area contributed by atoms with Crippen molar-refractivity contribution in [2.75, 3.05) is 11.9 Å². The van der Waals surface area contributed by atoms with Crippen LogP contribution in [0.4, 0.5) is 5.69 Å². The molecular weight excluding hydrogens is 388 g/mol. The summed E-state index contributed by atoms with van der Waals surface area (Å²) in [6.45, 7) is 7.33. The predicted molar refractivity (Wildman–Crippen MR) is 107 cm³/mol. The van der Waals surface area contributed by atoms with Crippen LogP contribution < -0.4 is 14.8 Å². The Morgan fingerprint density at radius 1 is 1.19 bits per heavy atom. The summed E-state index contributed by atoms with van der Waals surface area (Å²) in [7, 11) is -3.83. The van der Waals surface area contributed by atoms with Gasteiger partial charge in [0.25, 0.3) is 5.91 Å². The highest BCUT2D eigenvalue weighted by atomic mass is 35.5. The van der Waals surface area contributed by atoms with Crippen molar-refractivity contribution < 1.29 is 17.9 Å². The van der Waals surface area contributed by atoms with Crippen LogP contribution in [0.3, 0.4) is 0 Å². The van der Waals surface area contributed by atoms with Crippen molar-refractivity contribution >= 4 is 33.2 Å². The lowest BCUT2D eigenvalue weighted by molar-refractivity contribution is 0.102. The van der Waals surface area contributed by atoms with Crippen LogP contribution in [0.1, 0.15) is 36.7 Å². The molecule has 27 heavy (non-hydrogen) atoms. The molecule has 0 aromatic heterocycles. The molecule has 0 heterocycles. The largest absolute Gasteiger partial charge is 0.492 e. The Kier molecular flexibility index (Phi) is 6.86. The molecule has 0 saturated carbocycles. The van der Waals surface area contributed by atoms with Gasteiger partial charge in [-0.2, -0.15) is 0 Å². The third-order valence-corrected chi connectivity index (χ3v) is 5.54. The standard InChI is InChI=1S/C19H23ClN2O4S/c1-5-26-17-9-6-14(11-18(17)27(24,25)22-12(2)3)19(23)21-16-8-7-15(20)10-13(16)4/h6-12,22H,5H2,1-4H3,(H,21,23). The first-order chi connectivity index (χ1) is 12.6. The van der Waals surface area contributed by atoms with Crippen molar-refractivity contribution in [2.45, 2.75) is 38.6 Å². The molecule has 0 aliphatic carbocycles. The molecule has 2 aromatic carbocycles. The molecule has 0 aliphatic heterocycles. The molecule has 0 fully saturated rings. The quantitative estimate of drug-likeness (QED) is 0.722. The Morgan fingerprint density at radius 3 is 2.48 bits per heavy atom. The fourth-order valence-corrected chi connectivity index (χ4v) is 4.12. The monoisotopic (exact) mass is 410 g/mol. The Balaban J connectivity index is 2.40. The summed E-state index contributed by atoms with van der Waals surface area (Å²) in [5.41, 5.74) is 1.61. The van der Waals surface area contributed by atoms with E-state index in [1.54, 1.807) is 39.0 Å². The Bertz CT molecular complexity index is 943. The van der Waals surface area contributed by atoms with Gasteiger partial charge < -0.3 is 10.1 Å². The van der Waals surface area contributed by atoms with E-state index in [-0.39, 0.29) is 22.3 Å². The Hall–Kier alpha value is -2.09. The van der Waals surface area contributed by atoms with Gasteiger partial charge in [0.15, 0.2) is 0 Å². The predicted octanol–water partition coefficient (Wildman–Crippen LogP) is 3.99. The average molecular weight is 411 g/mol. The highest BCUT2D eigenvalue weighted by Gasteiger charge is 2.23. The molecule has 6 nitrogen and oxygen atoms in total. The molecule has 0 aliphatic rings. The van der Waals surface area contributed by atoms with Crippen LogP contribution in [0, 0.1) is 6.92 Å². The third kappa shape index (κ3) is 5.45. The first-order valence-corrected chi connectivity index (χ1v) is 10.4. The first kappa shape index (κ1) is 21.2. The van der Waals surface area contributed by atoms with E-state index in [0.29, 0.717) is 17.3 Å². The molecule has 8 heteroatoms. The van der Waals surface area contributed by atoms with E-state index in [2.05, 4.69) is 10.0 Å². The van der Waals surface area contributed by atoms with E-state index in [1.165, 1.54) is 18.2 Å². The number of carbonyl (C=O) groups is 1. The summed E-state index contributed by atoms with van der Waals surface area (Å²) in [6, 6.07) is 9.14. The van der Waals surface area contributed by atoms with E-state index in [9.17, 15) is 13.2 Å². The molecule has 146 valence electrons. The van der Waals surface area contributed by atoms with Crippen molar-refractivity contribution in [3.8, 4) is 5.75 Å². The van der Waals surface area contributed by atoms with Crippen LogP contribution >= 0.6 is 11.6 Å². The second kappa shape index (κ2) is 8.73. The van der Waals surface area contributed by atoms with Crippen molar-refractivity contribution in [1.82, 2.24) is 4.72 Å². The lowest BCUT2D eigenvalue weighted by Gasteiger charge is -2.15. The number of nitrogens with one attached hydrogen (secondary N) is 2. The second-order valence-electron chi connectivity index (χ2n) is 6.28. The van der Waals surface area contributed by atoms with Gasteiger partial charge in [-0.15, -0.1) is 0 Å². The first-order valence-electron chi connectivity index (χ1n) is 8.50. The average Bonchev–Trinajstić information content (AvgIpc) is 2.56. The molecule has 2 aromatic rings. The van der Waals surface area contributed by atoms with Gasteiger partial charge in [0, 0.05) is 22.3 Å². The highest BCUT2D eigenvalue weighted by Crippen LogP contribution is 2.27. The maximum atomic E-state index is 12.6. The number of hydrogen-bond acceptors (Lipinski definition) is 4. The summed E-state index contributed by atoms with van der Waals surface area (Å²) < 4.78 is 33.2. The number of benzene rings is 2. The van der Waals surface area contributed by atoms with Gasteiger partial charge in [0.05, 0.1) is 6.61 Å². The normalized spacial score (nSPS) is 11.5. The van der Waals surface area contributed by atoms with Crippen molar-refractivity contribution in [3.05, 3.63) is 52.5 Å². The second-order valence-corrected chi connectivity index (χ2v) is 8.40. The van der Waals surface area contributed by atoms with Crippen molar-refractivity contribution in [3.63, 3.8) is 0 Å². The van der Waals surface area contributed by atoms with Crippen molar-refractivity contribution in [1.29, 1.82) is 0 Å².